The molecular formula is C33H36F2N6O3S. The highest BCUT2D eigenvalue weighted by Gasteiger charge is 2.52. The van der Waals surface area contributed by atoms with E-state index in [2.05, 4.69) is 20.1 Å². The maximum atomic E-state index is 17.3. The van der Waals surface area contributed by atoms with E-state index in [0.29, 0.717) is 37.4 Å². The molecule has 45 heavy (non-hydrogen) atoms. The van der Waals surface area contributed by atoms with Crippen LogP contribution in [0.2, 0.25) is 0 Å². The van der Waals surface area contributed by atoms with Crippen LogP contribution in [-0.4, -0.2) is 91.5 Å². The van der Waals surface area contributed by atoms with Gasteiger partial charge in [-0.2, -0.15) is 14.3 Å². The molecule has 2 aromatic carbocycles. The number of rotatable bonds is 6. The number of aromatic hydroxyl groups is 1. The Bertz CT molecular complexity index is 1710. The molecule has 9 rings (SSSR count). The van der Waals surface area contributed by atoms with Gasteiger partial charge in [0.05, 0.1) is 11.6 Å². The summed E-state index contributed by atoms with van der Waals surface area (Å²) in [5, 5.41) is 15.8. The second-order valence-corrected chi connectivity index (χ2v) is 14.9. The van der Waals surface area contributed by atoms with E-state index >= 15 is 4.39 Å². The van der Waals surface area contributed by atoms with Gasteiger partial charge in [-0.05, 0) is 68.0 Å². The zero-order valence-electron chi connectivity index (χ0n) is 24.9. The van der Waals surface area contributed by atoms with Gasteiger partial charge in [0.2, 0.25) is 0 Å². The Morgan fingerprint density at radius 1 is 1.09 bits per heavy atom. The quantitative estimate of drug-likeness (QED) is 0.379. The number of nitrogens with one attached hydrogen (secondary N) is 1. The summed E-state index contributed by atoms with van der Waals surface area (Å²) in [6.45, 7) is 2.77. The number of nitrogens with zero attached hydrogens (tertiary/aromatic N) is 5. The van der Waals surface area contributed by atoms with Crippen LogP contribution in [0.4, 0.5) is 14.6 Å². The number of ether oxygens (including phenoxy) is 1. The van der Waals surface area contributed by atoms with Crippen LogP contribution in [-0.2, 0) is 11.4 Å². The van der Waals surface area contributed by atoms with Crippen LogP contribution >= 0.6 is 0 Å². The van der Waals surface area contributed by atoms with Crippen molar-refractivity contribution in [2.24, 2.45) is 0 Å². The van der Waals surface area contributed by atoms with Crippen molar-refractivity contribution in [3.63, 3.8) is 0 Å². The molecule has 4 saturated heterocycles. The number of aromatic nitrogens is 2. The van der Waals surface area contributed by atoms with Crippen LogP contribution in [0.1, 0.15) is 56.2 Å². The molecule has 1 aliphatic carbocycles. The summed E-state index contributed by atoms with van der Waals surface area (Å²) >= 11 is -1.81. The summed E-state index contributed by atoms with van der Waals surface area (Å²) in [5.74, 6) is -0.157. The molecule has 0 amide bonds. The number of fused-ring (bicyclic) bond motifs is 5. The number of phenolic OH excluding ortho intramolecular Hbond substituents is 1. The predicted octanol–water partition coefficient (Wildman–Crippen LogP) is 4.53. The highest BCUT2D eigenvalue weighted by Crippen LogP contribution is 2.51. The lowest BCUT2D eigenvalue weighted by Gasteiger charge is -2.38. The van der Waals surface area contributed by atoms with Crippen molar-refractivity contribution >= 4 is 39.5 Å². The Labute approximate surface area is 263 Å². The van der Waals surface area contributed by atoms with Gasteiger partial charge in [-0.3, -0.25) is 4.90 Å². The van der Waals surface area contributed by atoms with Crippen molar-refractivity contribution in [1.82, 2.24) is 24.5 Å². The second-order valence-electron chi connectivity index (χ2n) is 13.6. The molecule has 0 spiro atoms. The average molecular weight is 635 g/mol. The van der Waals surface area contributed by atoms with E-state index in [0.717, 1.165) is 55.8 Å². The number of alkyl halides is 1. The molecule has 9 nitrogen and oxygen atoms in total. The zero-order valence-corrected chi connectivity index (χ0v) is 25.7. The van der Waals surface area contributed by atoms with Crippen LogP contribution in [0.3, 0.4) is 0 Å². The third-order valence-electron chi connectivity index (χ3n) is 10.5. The van der Waals surface area contributed by atoms with E-state index in [4.69, 9.17) is 9.72 Å². The number of piperazine rings is 1. The fourth-order valence-electron chi connectivity index (χ4n) is 8.37. The fourth-order valence-corrected chi connectivity index (χ4v) is 10.0. The van der Waals surface area contributed by atoms with Crippen molar-refractivity contribution in [3.05, 3.63) is 47.7 Å². The molecule has 3 aromatic rings. The summed E-state index contributed by atoms with van der Waals surface area (Å²) < 4.78 is 54.5. The number of hydrogen-bond donors (Lipinski definition) is 2. The average Bonchev–Trinajstić information content (AvgIpc) is 3.61. The molecule has 5 fully saturated rings. The van der Waals surface area contributed by atoms with Gasteiger partial charge in [-0.1, -0.05) is 24.3 Å². The van der Waals surface area contributed by atoms with Crippen LogP contribution in [0.25, 0.3) is 22.3 Å². The van der Waals surface area contributed by atoms with E-state index in [1.807, 2.05) is 24.3 Å². The molecule has 1 aromatic heterocycles. The third kappa shape index (κ3) is 4.58. The molecule has 5 atom stereocenters. The van der Waals surface area contributed by atoms with E-state index in [1.165, 1.54) is 0 Å². The lowest BCUT2D eigenvalue weighted by Crippen LogP contribution is -2.52. The summed E-state index contributed by atoms with van der Waals surface area (Å²) in [6, 6.07) is 11.2. The van der Waals surface area contributed by atoms with Gasteiger partial charge in [0.1, 0.15) is 35.6 Å². The van der Waals surface area contributed by atoms with Gasteiger partial charge < -0.3 is 24.6 Å². The molecule has 2 bridgehead atoms. The molecule has 236 valence electrons. The maximum absolute atomic E-state index is 17.3. The highest BCUT2D eigenvalue weighted by molar-refractivity contribution is 7.89. The maximum Gasteiger partial charge on any atom is 0.319 e. The van der Waals surface area contributed by atoms with Gasteiger partial charge in [0.25, 0.3) is 4.90 Å². The van der Waals surface area contributed by atoms with Crippen molar-refractivity contribution in [2.45, 2.75) is 79.7 Å². The molecule has 3 unspecified atom stereocenters. The molecule has 1 saturated carbocycles. The van der Waals surface area contributed by atoms with Gasteiger partial charge in [0.15, 0.2) is 17.3 Å². The fraction of sp³-hybridized carbons (Fsp3) is 0.515. The molecule has 12 heteroatoms. The molecule has 2 N–H and O–H groups in total. The van der Waals surface area contributed by atoms with Crippen LogP contribution in [0, 0.1) is 0 Å². The van der Waals surface area contributed by atoms with Crippen LogP contribution < -0.4 is 15.0 Å². The Hall–Kier alpha value is -3.19. The van der Waals surface area contributed by atoms with Gasteiger partial charge >= 0.3 is 6.01 Å². The molecule has 5 aliphatic heterocycles. The van der Waals surface area contributed by atoms with Crippen molar-refractivity contribution in [2.75, 3.05) is 37.7 Å². The molecule has 0 radical (unpaired) electrons. The number of benzene rings is 2. The standard InChI is InChI=1S/C33H36F2N6O3S/c34-20-14-33(10-3-11-40(33)15-20)18-44-32-37-28-27(35)29(26-13-24(42)12-19-4-1-2-5-25(19)26)41(23-8-9-23)45(43)30(28)31(38-32)39-16-21-6-7-22(17-39)36-21/h1-2,4-5,12-13,20-23,36,42H,3,6-11,14-18H2/t20-,21?,22?,33+,45?/m1/s1. The summed E-state index contributed by atoms with van der Waals surface area (Å²) in [5.41, 5.74) is 0.188. The minimum atomic E-state index is -1.81. The number of hydrogen-bond acceptors (Lipinski definition) is 9. The second kappa shape index (κ2) is 10.4. The summed E-state index contributed by atoms with van der Waals surface area (Å²) in [6.07, 6.45) is 4.97. The van der Waals surface area contributed by atoms with E-state index < -0.39 is 28.9 Å². The minimum Gasteiger partial charge on any atom is -0.588 e. The van der Waals surface area contributed by atoms with Crippen molar-refractivity contribution in [1.29, 1.82) is 0 Å². The third-order valence-corrected chi connectivity index (χ3v) is 12.1. The van der Waals surface area contributed by atoms with E-state index in [-0.39, 0.29) is 52.8 Å². The molecular weight excluding hydrogens is 598 g/mol. The first-order valence-corrected chi connectivity index (χ1v) is 17.3. The SMILES string of the molecule is [O-][S+]1c2c(nc(OC[C@@]34CCCN3C[C@H](F)C4)nc2N2CC3CCC(C2)N3)C(F)=C(c2cc(O)cc3ccccc23)N1C1CC1. The Morgan fingerprint density at radius 2 is 1.89 bits per heavy atom. The van der Waals surface area contributed by atoms with E-state index in [9.17, 15) is 14.0 Å². The number of phenols is 1. The highest BCUT2D eigenvalue weighted by atomic mass is 32.2. The minimum absolute atomic E-state index is 0.00289. The van der Waals surface area contributed by atoms with Crippen LogP contribution in [0.5, 0.6) is 11.8 Å². The largest absolute Gasteiger partial charge is 0.588 e. The lowest BCUT2D eigenvalue weighted by atomic mass is 9.95. The van der Waals surface area contributed by atoms with Crippen LogP contribution in [0.15, 0.2) is 41.3 Å². The monoisotopic (exact) mass is 634 g/mol. The topological polar surface area (TPSA) is 100 Å². The van der Waals surface area contributed by atoms with Gasteiger partial charge in [-0.15, -0.1) is 0 Å². The normalized spacial score (nSPS) is 31.2. The van der Waals surface area contributed by atoms with Crippen molar-refractivity contribution in [3.8, 4) is 11.8 Å². The first-order chi connectivity index (χ1) is 21.9. The number of halogens is 2. The first kappa shape index (κ1) is 28.1. The molecule has 6 aliphatic rings. The van der Waals surface area contributed by atoms with E-state index in [1.54, 1.807) is 16.4 Å². The summed E-state index contributed by atoms with van der Waals surface area (Å²) in [4.78, 5) is 14.0. The van der Waals surface area contributed by atoms with Gasteiger partial charge in [-0.25, -0.2) is 8.78 Å². The Kier molecular flexibility index (Phi) is 6.49. The predicted molar refractivity (Wildman–Crippen MR) is 168 cm³/mol. The Balaban J connectivity index is 1.20. The molecule has 6 heterocycles. The number of anilines is 1. The lowest BCUT2D eigenvalue weighted by molar-refractivity contribution is 0.107. The van der Waals surface area contributed by atoms with Gasteiger partial charge in [0, 0.05) is 43.7 Å². The first-order valence-electron chi connectivity index (χ1n) is 16.2. The summed E-state index contributed by atoms with van der Waals surface area (Å²) in [7, 11) is 0. The smallest absolute Gasteiger partial charge is 0.319 e. The zero-order chi connectivity index (χ0) is 30.4. The Morgan fingerprint density at radius 3 is 2.69 bits per heavy atom. The van der Waals surface area contributed by atoms with Crippen molar-refractivity contribution < 1.29 is 23.2 Å².